The van der Waals surface area contributed by atoms with E-state index in [0.717, 1.165) is 39.0 Å². The first-order valence-corrected chi connectivity index (χ1v) is 8.42. The first kappa shape index (κ1) is 15.8. The van der Waals surface area contributed by atoms with Gasteiger partial charge in [-0.25, -0.2) is 0 Å². The number of para-hydroxylation sites is 1. The SMILES string of the molecule is CC1CN(c2ccccc2CNCC2(CO)CC2)CC(C)O1. The van der Waals surface area contributed by atoms with Crippen LogP contribution in [0.2, 0.25) is 0 Å². The van der Waals surface area contributed by atoms with E-state index in [1.165, 1.54) is 11.3 Å². The summed E-state index contributed by atoms with van der Waals surface area (Å²) < 4.78 is 5.84. The van der Waals surface area contributed by atoms with Crippen molar-refractivity contribution in [2.75, 3.05) is 31.1 Å². The summed E-state index contributed by atoms with van der Waals surface area (Å²) in [4.78, 5) is 2.44. The van der Waals surface area contributed by atoms with Gasteiger partial charge in [0.2, 0.25) is 0 Å². The molecule has 1 aromatic rings. The Morgan fingerprint density at radius 1 is 1.23 bits per heavy atom. The van der Waals surface area contributed by atoms with Crippen LogP contribution in [0.15, 0.2) is 24.3 Å². The van der Waals surface area contributed by atoms with Crippen LogP contribution in [0.5, 0.6) is 0 Å². The summed E-state index contributed by atoms with van der Waals surface area (Å²) in [6.45, 7) is 8.25. The largest absolute Gasteiger partial charge is 0.396 e. The van der Waals surface area contributed by atoms with E-state index in [1.54, 1.807) is 0 Å². The molecule has 1 aliphatic heterocycles. The molecule has 0 radical (unpaired) electrons. The van der Waals surface area contributed by atoms with Gasteiger partial charge in [0.05, 0.1) is 12.2 Å². The average molecular weight is 304 g/mol. The molecule has 4 nitrogen and oxygen atoms in total. The van der Waals surface area contributed by atoms with E-state index in [9.17, 15) is 5.11 Å². The first-order valence-electron chi connectivity index (χ1n) is 8.42. The molecular weight excluding hydrogens is 276 g/mol. The zero-order valence-corrected chi connectivity index (χ0v) is 13.7. The molecule has 1 saturated carbocycles. The molecular formula is C18H28N2O2. The van der Waals surface area contributed by atoms with Crippen molar-refractivity contribution in [3.8, 4) is 0 Å². The number of morpholine rings is 1. The molecule has 22 heavy (non-hydrogen) atoms. The van der Waals surface area contributed by atoms with Crippen molar-refractivity contribution in [1.82, 2.24) is 5.32 Å². The monoisotopic (exact) mass is 304 g/mol. The van der Waals surface area contributed by atoms with Gasteiger partial charge in [-0.2, -0.15) is 0 Å². The summed E-state index contributed by atoms with van der Waals surface area (Å²) >= 11 is 0. The Bertz CT molecular complexity index is 492. The lowest BCUT2D eigenvalue weighted by molar-refractivity contribution is -0.00526. The standard InChI is InChI=1S/C18H28N2O2/c1-14-10-20(11-15(2)22-14)17-6-4-3-5-16(17)9-19-12-18(13-21)7-8-18/h3-6,14-15,19,21H,7-13H2,1-2H3. The minimum absolute atomic E-state index is 0.164. The third-order valence-electron chi connectivity index (χ3n) is 4.86. The van der Waals surface area contributed by atoms with Crippen LogP contribution < -0.4 is 10.2 Å². The van der Waals surface area contributed by atoms with Gasteiger partial charge in [0.1, 0.15) is 0 Å². The van der Waals surface area contributed by atoms with Gasteiger partial charge >= 0.3 is 0 Å². The van der Waals surface area contributed by atoms with Crippen LogP contribution in [0, 0.1) is 5.41 Å². The molecule has 2 unspecified atom stereocenters. The lowest BCUT2D eigenvalue weighted by atomic mass is 10.1. The van der Waals surface area contributed by atoms with Crippen molar-refractivity contribution in [3.05, 3.63) is 29.8 Å². The maximum Gasteiger partial charge on any atom is 0.0726 e. The number of nitrogens with one attached hydrogen (secondary N) is 1. The Morgan fingerprint density at radius 2 is 1.91 bits per heavy atom. The third-order valence-corrected chi connectivity index (χ3v) is 4.86. The van der Waals surface area contributed by atoms with Crippen LogP contribution in [0.25, 0.3) is 0 Å². The molecule has 1 aromatic carbocycles. The van der Waals surface area contributed by atoms with Gasteiger partial charge in [-0.15, -0.1) is 0 Å². The molecule has 2 atom stereocenters. The molecule has 122 valence electrons. The highest BCUT2D eigenvalue weighted by Crippen LogP contribution is 2.44. The molecule has 0 aromatic heterocycles. The molecule has 0 spiro atoms. The highest BCUT2D eigenvalue weighted by molar-refractivity contribution is 5.54. The Kier molecular flexibility index (Phi) is 4.71. The number of anilines is 1. The van der Waals surface area contributed by atoms with Crippen LogP contribution in [0.4, 0.5) is 5.69 Å². The van der Waals surface area contributed by atoms with E-state index in [2.05, 4.69) is 48.3 Å². The summed E-state index contributed by atoms with van der Waals surface area (Å²) in [5, 5.41) is 12.9. The molecule has 1 aliphatic carbocycles. The zero-order valence-electron chi connectivity index (χ0n) is 13.7. The molecule has 1 saturated heterocycles. The van der Waals surface area contributed by atoms with Gasteiger partial charge in [0.25, 0.3) is 0 Å². The maximum absolute atomic E-state index is 9.41. The number of nitrogens with zero attached hydrogens (tertiary/aromatic N) is 1. The van der Waals surface area contributed by atoms with Crippen molar-refractivity contribution in [2.45, 2.75) is 45.4 Å². The average Bonchev–Trinajstić information content (AvgIpc) is 3.27. The van der Waals surface area contributed by atoms with Gasteiger partial charge in [-0.3, -0.25) is 0 Å². The Morgan fingerprint density at radius 3 is 2.55 bits per heavy atom. The fourth-order valence-corrected chi connectivity index (χ4v) is 3.37. The molecule has 0 bridgehead atoms. The normalized spacial score (nSPS) is 27.0. The number of ether oxygens (including phenoxy) is 1. The van der Waals surface area contributed by atoms with E-state index < -0.39 is 0 Å². The predicted octanol–water partition coefficient (Wildman–Crippen LogP) is 2.16. The number of benzene rings is 1. The van der Waals surface area contributed by atoms with Crippen LogP contribution >= 0.6 is 0 Å². The smallest absolute Gasteiger partial charge is 0.0726 e. The second-order valence-electron chi connectivity index (χ2n) is 7.05. The number of aliphatic hydroxyl groups excluding tert-OH is 1. The van der Waals surface area contributed by atoms with Crippen molar-refractivity contribution >= 4 is 5.69 Å². The predicted molar refractivity (Wildman–Crippen MR) is 89.1 cm³/mol. The number of aliphatic hydroxyl groups is 1. The number of rotatable bonds is 6. The quantitative estimate of drug-likeness (QED) is 0.845. The zero-order chi connectivity index (χ0) is 15.6. The molecule has 4 heteroatoms. The summed E-state index contributed by atoms with van der Waals surface area (Å²) in [6.07, 6.45) is 2.84. The second kappa shape index (κ2) is 6.57. The van der Waals surface area contributed by atoms with Crippen molar-refractivity contribution in [3.63, 3.8) is 0 Å². The Hall–Kier alpha value is -1.10. The molecule has 3 rings (SSSR count). The summed E-state index contributed by atoms with van der Waals surface area (Å²) in [7, 11) is 0. The van der Waals surface area contributed by atoms with Gasteiger partial charge in [-0.1, -0.05) is 18.2 Å². The molecule has 2 aliphatic rings. The highest BCUT2D eigenvalue weighted by Gasteiger charge is 2.41. The molecule has 1 heterocycles. The Balaban J connectivity index is 1.64. The van der Waals surface area contributed by atoms with Crippen molar-refractivity contribution in [2.24, 2.45) is 5.41 Å². The fraction of sp³-hybridized carbons (Fsp3) is 0.667. The highest BCUT2D eigenvalue weighted by atomic mass is 16.5. The number of hydrogen-bond donors (Lipinski definition) is 2. The van der Waals surface area contributed by atoms with E-state index in [-0.39, 0.29) is 17.6 Å². The Labute approximate surface area is 133 Å². The topological polar surface area (TPSA) is 44.7 Å². The first-order chi connectivity index (χ1) is 10.6. The van der Waals surface area contributed by atoms with Crippen LogP contribution in [0.1, 0.15) is 32.3 Å². The van der Waals surface area contributed by atoms with Gasteiger partial charge < -0.3 is 20.1 Å². The number of hydrogen-bond acceptors (Lipinski definition) is 4. The van der Waals surface area contributed by atoms with E-state index >= 15 is 0 Å². The third kappa shape index (κ3) is 3.62. The van der Waals surface area contributed by atoms with Gasteiger partial charge in [-0.05, 0) is 38.3 Å². The van der Waals surface area contributed by atoms with E-state index in [0.29, 0.717) is 6.61 Å². The lowest BCUT2D eigenvalue weighted by Crippen LogP contribution is -2.46. The summed E-state index contributed by atoms with van der Waals surface area (Å²) in [5.41, 5.74) is 2.81. The van der Waals surface area contributed by atoms with Crippen molar-refractivity contribution in [1.29, 1.82) is 0 Å². The second-order valence-corrected chi connectivity index (χ2v) is 7.05. The molecule has 2 N–H and O–H groups in total. The minimum atomic E-state index is 0.164. The fourth-order valence-electron chi connectivity index (χ4n) is 3.37. The minimum Gasteiger partial charge on any atom is -0.396 e. The van der Waals surface area contributed by atoms with E-state index in [1.807, 2.05) is 0 Å². The van der Waals surface area contributed by atoms with Gasteiger partial charge in [0.15, 0.2) is 0 Å². The lowest BCUT2D eigenvalue weighted by Gasteiger charge is -2.37. The van der Waals surface area contributed by atoms with E-state index in [4.69, 9.17) is 4.74 Å². The van der Waals surface area contributed by atoms with Crippen molar-refractivity contribution < 1.29 is 9.84 Å². The van der Waals surface area contributed by atoms with Gasteiger partial charge in [0, 0.05) is 43.9 Å². The van der Waals surface area contributed by atoms with Crippen LogP contribution in [-0.2, 0) is 11.3 Å². The molecule has 2 fully saturated rings. The van der Waals surface area contributed by atoms with Crippen LogP contribution in [0.3, 0.4) is 0 Å². The maximum atomic E-state index is 9.41. The van der Waals surface area contributed by atoms with Crippen LogP contribution in [-0.4, -0.2) is 43.6 Å². The summed E-state index contributed by atoms with van der Waals surface area (Å²) in [5.74, 6) is 0. The summed E-state index contributed by atoms with van der Waals surface area (Å²) in [6, 6.07) is 8.62. The molecule has 0 amide bonds.